The predicted molar refractivity (Wildman–Crippen MR) is 131 cm³/mol. The molecule has 0 aliphatic heterocycles. The smallest absolute Gasteiger partial charge is 0.339 e. The van der Waals surface area contributed by atoms with E-state index >= 15 is 0 Å². The molecular formula is C27H23ClF3N3O2. The van der Waals surface area contributed by atoms with Crippen LogP contribution in [-0.2, 0) is 12.6 Å². The molecule has 0 aliphatic carbocycles. The zero-order chi connectivity index (χ0) is 25.9. The van der Waals surface area contributed by atoms with Crippen molar-refractivity contribution in [3.8, 4) is 11.4 Å². The Balaban J connectivity index is 1.56. The van der Waals surface area contributed by atoms with Gasteiger partial charge in [0.2, 0.25) is 11.7 Å². The molecular weight excluding hydrogens is 491 g/mol. The molecule has 36 heavy (non-hydrogen) atoms. The number of carbonyl (C=O) groups is 1. The Morgan fingerprint density at radius 1 is 1.06 bits per heavy atom. The average Bonchev–Trinajstić information content (AvgIpc) is 3.34. The minimum Gasteiger partial charge on any atom is -0.339 e. The van der Waals surface area contributed by atoms with Gasteiger partial charge in [-0.3, -0.25) is 4.79 Å². The van der Waals surface area contributed by atoms with Gasteiger partial charge in [-0.25, -0.2) is 0 Å². The third kappa shape index (κ3) is 5.76. The molecule has 0 N–H and O–H groups in total. The van der Waals surface area contributed by atoms with E-state index in [9.17, 15) is 18.0 Å². The first-order chi connectivity index (χ1) is 17.1. The first kappa shape index (κ1) is 25.4. The molecule has 0 bridgehead atoms. The maximum Gasteiger partial charge on any atom is 0.416 e. The zero-order valence-corrected chi connectivity index (χ0v) is 20.3. The molecule has 0 radical (unpaired) electrons. The SMILES string of the molecule is Cc1ccc(-c2noc(CCN(C(=O)c3ccc(C(F)(F)F)cc3)[C@@H](C)c3ccccc3)n2)cc1Cl. The van der Waals surface area contributed by atoms with E-state index in [0.29, 0.717) is 22.3 Å². The fourth-order valence-electron chi connectivity index (χ4n) is 3.77. The Kier molecular flexibility index (Phi) is 7.45. The molecule has 1 aromatic heterocycles. The lowest BCUT2D eigenvalue weighted by Gasteiger charge is -2.29. The number of nitrogens with zero attached hydrogens (tertiary/aromatic N) is 3. The van der Waals surface area contributed by atoms with Crippen LogP contribution in [0.3, 0.4) is 0 Å². The molecule has 5 nitrogen and oxygen atoms in total. The summed E-state index contributed by atoms with van der Waals surface area (Å²) in [6.07, 6.45) is -4.22. The van der Waals surface area contributed by atoms with Crippen LogP contribution >= 0.6 is 11.6 Å². The van der Waals surface area contributed by atoms with E-state index < -0.39 is 17.6 Å². The number of alkyl halides is 3. The normalized spacial score (nSPS) is 12.4. The van der Waals surface area contributed by atoms with E-state index in [1.165, 1.54) is 12.1 Å². The zero-order valence-electron chi connectivity index (χ0n) is 19.6. The van der Waals surface area contributed by atoms with Crippen molar-refractivity contribution in [1.82, 2.24) is 15.0 Å². The number of carbonyl (C=O) groups excluding carboxylic acids is 1. The van der Waals surface area contributed by atoms with Gasteiger partial charge >= 0.3 is 6.18 Å². The van der Waals surface area contributed by atoms with Crippen LogP contribution in [0.5, 0.6) is 0 Å². The second kappa shape index (κ2) is 10.5. The van der Waals surface area contributed by atoms with Crippen molar-refractivity contribution >= 4 is 17.5 Å². The van der Waals surface area contributed by atoms with Crippen LogP contribution in [0, 0.1) is 6.92 Å². The summed E-state index contributed by atoms with van der Waals surface area (Å²) < 4.78 is 44.3. The van der Waals surface area contributed by atoms with Crippen LogP contribution in [0.1, 0.15) is 45.9 Å². The fourth-order valence-corrected chi connectivity index (χ4v) is 3.95. The topological polar surface area (TPSA) is 59.2 Å². The fraction of sp³-hybridized carbons (Fsp3) is 0.222. The van der Waals surface area contributed by atoms with Gasteiger partial charge in [0, 0.05) is 29.1 Å². The number of amides is 1. The Bertz CT molecular complexity index is 1340. The lowest BCUT2D eigenvalue weighted by Crippen LogP contribution is -2.35. The van der Waals surface area contributed by atoms with Gasteiger partial charge < -0.3 is 9.42 Å². The van der Waals surface area contributed by atoms with Crippen LogP contribution in [0.2, 0.25) is 5.02 Å². The molecule has 1 atom stereocenters. The molecule has 0 spiro atoms. The quantitative estimate of drug-likeness (QED) is 0.263. The predicted octanol–water partition coefficient (Wildman–Crippen LogP) is 7.16. The van der Waals surface area contributed by atoms with Gasteiger partial charge in [-0.2, -0.15) is 18.2 Å². The molecule has 1 heterocycles. The Labute approximate surface area is 211 Å². The van der Waals surface area contributed by atoms with E-state index in [1.807, 2.05) is 56.3 Å². The number of aryl methyl sites for hydroxylation is 1. The number of hydrogen-bond acceptors (Lipinski definition) is 4. The molecule has 9 heteroatoms. The lowest BCUT2D eigenvalue weighted by atomic mass is 10.0. The number of hydrogen-bond donors (Lipinski definition) is 0. The van der Waals surface area contributed by atoms with Gasteiger partial charge in [0.1, 0.15) is 0 Å². The second-order valence-electron chi connectivity index (χ2n) is 8.39. The van der Waals surface area contributed by atoms with E-state index in [1.54, 1.807) is 11.0 Å². The Morgan fingerprint density at radius 2 is 1.75 bits per heavy atom. The van der Waals surface area contributed by atoms with Crippen molar-refractivity contribution in [2.75, 3.05) is 6.54 Å². The maximum atomic E-state index is 13.4. The molecule has 4 aromatic rings. The summed E-state index contributed by atoms with van der Waals surface area (Å²) in [5, 5.41) is 4.61. The summed E-state index contributed by atoms with van der Waals surface area (Å²) in [7, 11) is 0. The second-order valence-corrected chi connectivity index (χ2v) is 8.79. The van der Waals surface area contributed by atoms with Crippen molar-refractivity contribution in [2.24, 2.45) is 0 Å². The largest absolute Gasteiger partial charge is 0.416 e. The van der Waals surface area contributed by atoms with Crippen LogP contribution in [0.25, 0.3) is 11.4 Å². The molecule has 0 saturated carbocycles. The minimum absolute atomic E-state index is 0.159. The van der Waals surface area contributed by atoms with Crippen molar-refractivity contribution in [3.05, 3.63) is 106 Å². The standard InChI is InChI=1S/C27H23ClF3N3O2/c1-17-8-9-21(16-23(17)28)25-32-24(36-33-25)14-15-34(18(2)19-6-4-3-5-7-19)26(35)20-10-12-22(13-11-20)27(29,30)31/h3-13,16,18H,14-15H2,1-2H3/t18-/m0/s1. The summed E-state index contributed by atoms with van der Waals surface area (Å²) in [4.78, 5) is 19.4. The molecule has 0 unspecified atom stereocenters. The molecule has 4 rings (SSSR count). The number of halogens is 4. The molecule has 0 aliphatic rings. The molecule has 0 saturated heterocycles. The van der Waals surface area contributed by atoms with Crippen molar-refractivity contribution in [2.45, 2.75) is 32.5 Å². The van der Waals surface area contributed by atoms with E-state index in [0.717, 1.165) is 23.3 Å². The van der Waals surface area contributed by atoms with Gasteiger partial charge in [-0.15, -0.1) is 0 Å². The third-order valence-corrected chi connectivity index (χ3v) is 6.34. The van der Waals surface area contributed by atoms with Crippen LogP contribution in [0.15, 0.2) is 77.3 Å². The summed E-state index contributed by atoms with van der Waals surface area (Å²) in [5.41, 5.74) is 1.87. The first-order valence-corrected chi connectivity index (χ1v) is 11.6. The van der Waals surface area contributed by atoms with Crippen LogP contribution in [0.4, 0.5) is 13.2 Å². The number of rotatable bonds is 7. The number of benzene rings is 3. The molecule has 1 amide bonds. The summed E-state index contributed by atoms with van der Waals surface area (Å²) in [6.45, 7) is 3.97. The third-order valence-electron chi connectivity index (χ3n) is 5.93. The van der Waals surface area contributed by atoms with Crippen LogP contribution in [-0.4, -0.2) is 27.5 Å². The average molecular weight is 514 g/mol. The van der Waals surface area contributed by atoms with E-state index in [2.05, 4.69) is 10.1 Å². The van der Waals surface area contributed by atoms with E-state index in [-0.39, 0.29) is 24.6 Å². The number of aromatic nitrogens is 2. The van der Waals surface area contributed by atoms with Crippen molar-refractivity contribution < 1.29 is 22.5 Å². The highest BCUT2D eigenvalue weighted by Crippen LogP contribution is 2.30. The molecule has 186 valence electrons. The van der Waals surface area contributed by atoms with Gasteiger partial charge in [0.25, 0.3) is 5.91 Å². The lowest BCUT2D eigenvalue weighted by molar-refractivity contribution is -0.137. The summed E-state index contributed by atoms with van der Waals surface area (Å²) >= 11 is 6.20. The molecule has 3 aromatic carbocycles. The summed E-state index contributed by atoms with van der Waals surface area (Å²) in [6, 6.07) is 18.7. The maximum absolute atomic E-state index is 13.4. The minimum atomic E-state index is -4.48. The highest BCUT2D eigenvalue weighted by molar-refractivity contribution is 6.31. The monoisotopic (exact) mass is 513 g/mol. The first-order valence-electron chi connectivity index (χ1n) is 11.3. The van der Waals surface area contributed by atoms with E-state index in [4.69, 9.17) is 16.1 Å². The highest BCUT2D eigenvalue weighted by atomic mass is 35.5. The Morgan fingerprint density at radius 3 is 2.39 bits per heavy atom. The highest BCUT2D eigenvalue weighted by Gasteiger charge is 2.31. The van der Waals surface area contributed by atoms with Crippen molar-refractivity contribution in [3.63, 3.8) is 0 Å². The summed E-state index contributed by atoms with van der Waals surface area (Å²) in [5.74, 6) is 0.306. The Hall–Kier alpha value is -3.65. The van der Waals surface area contributed by atoms with Gasteiger partial charge in [0.05, 0.1) is 11.6 Å². The van der Waals surface area contributed by atoms with Gasteiger partial charge in [-0.05, 0) is 55.3 Å². The van der Waals surface area contributed by atoms with Gasteiger partial charge in [0.15, 0.2) is 0 Å². The van der Waals surface area contributed by atoms with Gasteiger partial charge in [-0.1, -0.05) is 59.2 Å². The van der Waals surface area contributed by atoms with Crippen molar-refractivity contribution in [1.29, 1.82) is 0 Å². The van der Waals surface area contributed by atoms with Crippen LogP contribution < -0.4 is 0 Å². The molecule has 0 fully saturated rings.